The van der Waals surface area contributed by atoms with E-state index in [9.17, 15) is 9.59 Å². The second-order valence-electron chi connectivity index (χ2n) is 6.89. The minimum atomic E-state index is -0.600. The third kappa shape index (κ3) is 4.51. The molecule has 0 radical (unpaired) electrons. The Bertz CT molecular complexity index is 856. The van der Waals surface area contributed by atoms with Crippen LogP contribution in [0, 0.1) is 0 Å². The first-order chi connectivity index (χ1) is 14.1. The highest BCUT2D eigenvalue weighted by Crippen LogP contribution is 2.43. The van der Waals surface area contributed by atoms with Gasteiger partial charge in [-0.05, 0) is 43.1 Å². The van der Waals surface area contributed by atoms with Crippen molar-refractivity contribution >= 4 is 11.9 Å². The average Bonchev–Trinajstić information content (AvgIpc) is 3.23. The zero-order chi connectivity index (χ0) is 20.8. The summed E-state index contributed by atoms with van der Waals surface area (Å²) >= 11 is 0. The van der Waals surface area contributed by atoms with Crippen molar-refractivity contribution in [2.24, 2.45) is 0 Å². The Labute approximate surface area is 171 Å². The second-order valence-corrected chi connectivity index (χ2v) is 6.89. The van der Waals surface area contributed by atoms with Crippen LogP contribution in [-0.2, 0) is 4.79 Å². The van der Waals surface area contributed by atoms with Crippen LogP contribution in [0.25, 0.3) is 0 Å². The summed E-state index contributed by atoms with van der Waals surface area (Å²) in [7, 11) is 4.75. The minimum Gasteiger partial charge on any atom is -0.497 e. The molecule has 0 aromatic heterocycles. The van der Waals surface area contributed by atoms with Gasteiger partial charge in [-0.1, -0.05) is 30.3 Å². The van der Waals surface area contributed by atoms with E-state index in [1.54, 1.807) is 14.2 Å². The van der Waals surface area contributed by atoms with Gasteiger partial charge in [0.15, 0.2) is 0 Å². The Kier molecular flexibility index (Phi) is 6.72. The molecule has 0 spiro atoms. The number of likely N-dealkylation sites (tertiary alicyclic amines) is 1. The smallest absolute Gasteiger partial charge is 0.321 e. The fourth-order valence-corrected chi connectivity index (χ4v) is 3.90. The number of carbonyl (C=O) groups is 2. The SMILES string of the molecule is CNC(=O)NC(=O)[C@@H](c1ccccc1)N1CCC[C@@H]1c1cc(OC)ccc1OC. The van der Waals surface area contributed by atoms with E-state index in [1.807, 2.05) is 48.5 Å². The van der Waals surface area contributed by atoms with Gasteiger partial charge in [0.25, 0.3) is 0 Å². The lowest BCUT2D eigenvalue weighted by molar-refractivity contribution is -0.126. The van der Waals surface area contributed by atoms with Crippen molar-refractivity contribution in [2.45, 2.75) is 24.9 Å². The van der Waals surface area contributed by atoms with Crippen molar-refractivity contribution < 1.29 is 19.1 Å². The zero-order valence-electron chi connectivity index (χ0n) is 17.0. The number of rotatable bonds is 6. The fraction of sp³-hybridized carbons (Fsp3) is 0.364. The van der Waals surface area contributed by atoms with Crippen molar-refractivity contribution in [3.05, 3.63) is 59.7 Å². The lowest BCUT2D eigenvalue weighted by atomic mass is 9.98. The number of benzene rings is 2. The molecule has 1 saturated heterocycles. The molecule has 3 rings (SSSR count). The molecule has 2 aromatic rings. The highest BCUT2D eigenvalue weighted by atomic mass is 16.5. The third-order valence-corrected chi connectivity index (χ3v) is 5.25. The highest BCUT2D eigenvalue weighted by Gasteiger charge is 2.38. The quantitative estimate of drug-likeness (QED) is 0.783. The van der Waals surface area contributed by atoms with Gasteiger partial charge in [0, 0.05) is 18.7 Å². The molecule has 0 saturated carbocycles. The number of nitrogens with zero attached hydrogens (tertiary/aromatic N) is 1. The van der Waals surface area contributed by atoms with Crippen LogP contribution in [0.2, 0.25) is 0 Å². The molecular formula is C22H27N3O4. The van der Waals surface area contributed by atoms with Gasteiger partial charge < -0.3 is 14.8 Å². The predicted molar refractivity (Wildman–Crippen MR) is 110 cm³/mol. The number of hydrogen-bond donors (Lipinski definition) is 2. The van der Waals surface area contributed by atoms with Crippen LogP contribution in [0.1, 0.15) is 36.1 Å². The van der Waals surface area contributed by atoms with Crippen LogP contribution in [0.15, 0.2) is 48.5 Å². The molecule has 3 amide bonds. The lowest BCUT2D eigenvalue weighted by Gasteiger charge is -2.33. The summed E-state index contributed by atoms with van der Waals surface area (Å²) in [6.07, 6.45) is 1.81. The maximum absolute atomic E-state index is 13.1. The number of ether oxygens (including phenoxy) is 2. The molecule has 0 aliphatic carbocycles. The topological polar surface area (TPSA) is 79.9 Å². The van der Waals surface area contributed by atoms with Gasteiger partial charge >= 0.3 is 6.03 Å². The lowest BCUT2D eigenvalue weighted by Crippen LogP contribution is -2.45. The number of methoxy groups -OCH3 is 2. The molecular weight excluding hydrogens is 370 g/mol. The van der Waals surface area contributed by atoms with Gasteiger partial charge in [-0.15, -0.1) is 0 Å². The van der Waals surface area contributed by atoms with Crippen LogP contribution >= 0.6 is 0 Å². The molecule has 7 nitrogen and oxygen atoms in total. The van der Waals surface area contributed by atoms with Gasteiger partial charge in [-0.2, -0.15) is 0 Å². The van der Waals surface area contributed by atoms with Crippen LogP contribution in [0.4, 0.5) is 4.79 Å². The number of carbonyl (C=O) groups excluding carboxylic acids is 2. The van der Waals surface area contributed by atoms with Gasteiger partial charge in [0.2, 0.25) is 5.91 Å². The van der Waals surface area contributed by atoms with Gasteiger partial charge in [0.1, 0.15) is 17.5 Å². The number of urea groups is 1. The molecule has 0 unspecified atom stereocenters. The summed E-state index contributed by atoms with van der Waals surface area (Å²) in [4.78, 5) is 27.0. The number of imide groups is 1. The van der Waals surface area contributed by atoms with Crippen LogP contribution in [0.5, 0.6) is 11.5 Å². The number of amides is 3. The summed E-state index contributed by atoms with van der Waals surface area (Å²) in [6.45, 7) is 0.728. The van der Waals surface area contributed by atoms with Crippen molar-refractivity contribution in [1.82, 2.24) is 15.5 Å². The van der Waals surface area contributed by atoms with Crippen molar-refractivity contribution in [3.63, 3.8) is 0 Å². The summed E-state index contributed by atoms with van der Waals surface area (Å²) in [5.74, 6) is 1.13. The monoisotopic (exact) mass is 397 g/mol. The van der Waals surface area contributed by atoms with E-state index in [4.69, 9.17) is 9.47 Å². The van der Waals surface area contributed by atoms with Gasteiger partial charge in [-0.3, -0.25) is 15.0 Å². The fourth-order valence-electron chi connectivity index (χ4n) is 3.90. The van der Waals surface area contributed by atoms with E-state index in [0.717, 1.165) is 42.0 Å². The average molecular weight is 397 g/mol. The summed E-state index contributed by atoms with van der Waals surface area (Å²) in [5, 5.41) is 4.88. The molecule has 29 heavy (non-hydrogen) atoms. The van der Waals surface area contributed by atoms with E-state index >= 15 is 0 Å². The van der Waals surface area contributed by atoms with E-state index in [2.05, 4.69) is 15.5 Å². The molecule has 1 fully saturated rings. The van der Waals surface area contributed by atoms with E-state index < -0.39 is 12.1 Å². The maximum Gasteiger partial charge on any atom is 0.321 e. The van der Waals surface area contributed by atoms with E-state index in [0.29, 0.717) is 0 Å². The Morgan fingerprint density at radius 2 is 1.86 bits per heavy atom. The molecule has 2 atom stereocenters. The van der Waals surface area contributed by atoms with Crippen molar-refractivity contribution in [1.29, 1.82) is 0 Å². The van der Waals surface area contributed by atoms with Crippen LogP contribution in [0.3, 0.4) is 0 Å². The first-order valence-electron chi connectivity index (χ1n) is 9.64. The standard InChI is InChI=1S/C22H27N3O4/c1-23-22(27)24-21(26)20(15-8-5-4-6-9-15)25-13-7-10-18(25)17-14-16(28-2)11-12-19(17)29-3/h4-6,8-9,11-12,14,18,20H,7,10,13H2,1-3H3,(H2,23,24,26,27)/t18-,20-/m1/s1. The molecule has 1 heterocycles. The van der Waals surface area contributed by atoms with E-state index in [1.165, 1.54) is 7.05 Å². The molecule has 1 aliphatic rings. The normalized spacial score (nSPS) is 17.4. The number of hydrogen-bond acceptors (Lipinski definition) is 5. The number of nitrogens with one attached hydrogen (secondary N) is 2. The molecule has 0 bridgehead atoms. The minimum absolute atomic E-state index is 0.0410. The summed E-state index contributed by atoms with van der Waals surface area (Å²) in [5.41, 5.74) is 1.81. The second kappa shape index (κ2) is 9.43. The zero-order valence-corrected chi connectivity index (χ0v) is 17.0. The molecule has 2 N–H and O–H groups in total. The molecule has 154 valence electrons. The molecule has 1 aliphatic heterocycles. The maximum atomic E-state index is 13.1. The van der Waals surface area contributed by atoms with Crippen LogP contribution < -0.4 is 20.1 Å². The highest BCUT2D eigenvalue weighted by molar-refractivity contribution is 5.97. The first kappa shape index (κ1) is 20.7. The summed E-state index contributed by atoms with van der Waals surface area (Å²) in [6, 6.07) is 14.0. The van der Waals surface area contributed by atoms with Crippen molar-refractivity contribution in [3.8, 4) is 11.5 Å². The van der Waals surface area contributed by atoms with Crippen molar-refractivity contribution in [2.75, 3.05) is 27.8 Å². The van der Waals surface area contributed by atoms with Crippen LogP contribution in [-0.4, -0.2) is 44.7 Å². The molecule has 7 heteroatoms. The van der Waals surface area contributed by atoms with Gasteiger partial charge in [-0.25, -0.2) is 4.79 Å². The van der Waals surface area contributed by atoms with E-state index in [-0.39, 0.29) is 11.9 Å². The Balaban J connectivity index is 2.01. The van der Waals surface area contributed by atoms with Gasteiger partial charge in [0.05, 0.1) is 14.2 Å². The Hall–Kier alpha value is -3.06. The first-order valence-corrected chi connectivity index (χ1v) is 9.64. The Morgan fingerprint density at radius 3 is 2.52 bits per heavy atom. The largest absolute Gasteiger partial charge is 0.497 e. The molecule has 2 aromatic carbocycles. The Morgan fingerprint density at radius 1 is 1.10 bits per heavy atom. The summed E-state index contributed by atoms with van der Waals surface area (Å²) < 4.78 is 11.0. The third-order valence-electron chi connectivity index (χ3n) is 5.25. The predicted octanol–water partition coefficient (Wildman–Crippen LogP) is 3.04.